The van der Waals surface area contributed by atoms with Gasteiger partial charge in [0.2, 0.25) is 0 Å². The normalized spacial score (nSPS) is 10.2. The largest absolute Gasteiger partial charge is 0.550 e. The fourth-order valence-electron chi connectivity index (χ4n) is 1.19. The van der Waals surface area contributed by atoms with Crippen molar-refractivity contribution in [2.24, 2.45) is 0 Å². The molecule has 0 saturated carbocycles. The molecule has 0 saturated heterocycles. The highest BCUT2D eigenvalue weighted by molar-refractivity contribution is 5.68. The first-order chi connectivity index (χ1) is 7.52. The summed E-state index contributed by atoms with van der Waals surface area (Å²) < 4.78 is 33.0. The Morgan fingerprint density at radius 2 is 2.12 bits per heavy atom. The second kappa shape index (κ2) is 5.29. The van der Waals surface area contributed by atoms with Gasteiger partial charge in [0.05, 0.1) is 7.11 Å². The maximum absolute atomic E-state index is 12.0. The smallest absolute Gasteiger partial charge is 0.387 e. The Balaban J connectivity index is 2.96. The summed E-state index contributed by atoms with van der Waals surface area (Å²) in [6, 6.07) is 3.98. The monoisotopic (exact) mass is 231 g/mol. The van der Waals surface area contributed by atoms with E-state index in [0.717, 1.165) is 0 Å². The number of halogens is 2. The molecule has 1 aromatic carbocycles. The molecule has 0 spiro atoms. The van der Waals surface area contributed by atoms with Crippen LogP contribution in [0.3, 0.4) is 0 Å². The highest BCUT2D eigenvalue weighted by Crippen LogP contribution is 2.29. The van der Waals surface area contributed by atoms with E-state index >= 15 is 0 Å². The number of hydrogen-bond donors (Lipinski definition) is 0. The highest BCUT2D eigenvalue weighted by atomic mass is 19.3. The van der Waals surface area contributed by atoms with Crippen molar-refractivity contribution >= 4 is 5.97 Å². The van der Waals surface area contributed by atoms with Gasteiger partial charge in [-0.3, -0.25) is 0 Å². The van der Waals surface area contributed by atoms with Gasteiger partial charge in [-0.05, 0) is 17.7 Å². The number of benzene rings is 1. The Labute approximate surface area is 90.4 Å². The fourth-order valence-corrected chi connectivity index (χ4v) is 1.19. The zero-order valence-electron chi connectivity index (χ0n) is 8.41. The fraction of sp³-hybridized carbons (Fsp3) is 0.300. The first-order valence-electron chi connectivity index (χ1n) is 4.34. The summed E-state index contributed by atoms with van der Waals surface area (Å²) in [6.07, 6.45) is -0.371. The van der Waals surface area contributed by atoms with Crippen LogP contribution in [-0.4, -0.2) is 19.7 Å². The Hall–Kier alpha value is -1.85. The van der Waals surface area contributed by atoms with E-state index in [1.807, 2.05) is 0 Å². The number of alkyl halides is 2. The molecule has 1 aromatic rings. The first-order valence-corrected chi connectivity index (χ1v) is 4.34. The molecule has 0 aliphatic carbocycles. The number of carboxylic acids is 1. The molecule has 0 aliphatic rings. The number of hydrogen-bond acceptors (Lipinski definition) is 4. The molecule has 1 rings (SSSR count). The second-order valence-corrected chi connectivity index (χ2v) is 2.91. The van der Waals surface area contributed by atoms with Crippen LogP contribution in [0.15, 0.2) is 18.2 Å². The van der Waals surface area contributed by atoms with Crippen LogP contribution in [0.1, 0.15) is 5.56 Å². The van der Waals surface area contributed by atoms with Gasteiger partial charge in [-0.25, -0.2) is 0 Å². The lowest BCUT2D eigenvalue weighted by atomic mass is 10.1. The second-order valence-electron chi connectivity index (χ2n) is 2.91. The Bertz CT molecular complexity index is 379. The van der Waals surface area contributed by atoms with E-state index in [4.69, 9.17) is 4.74 Å². The molecule has 0 amide bonds. The van der Waals surface area contributed by atoms with Gasteiger partial charge in [0, 0.05) is 12.4 Å². The molecule has 88 valence electrons. The van der Waals surface area contributed by atoms with Gasteiger partial charge in [0.25, 0.3) is 0 Å². The minimum atomic E-state index is -2.99. The average molecular weight is 231 g/mol. The van der Waals surface area contributed by atoms with Gasteiger partial charge in [-0.15, -0.1) is 0 Å². The van der Waals surface area contributed by atoms with Crippen molar-refractivity contribution in [1.82, 2.24) is 0 Å². The summed E-state index contributed by atoms with van der Waals surface area (Å²) in [5.74, 6) is -1.38. The quantitative estimate of drug-likeness (QED) is 0.744. The minimum absolute atomic E-state index is 0.113. The van der Waals surface area contributed by atoms with Crippen LogP contribution in [0.25, 0.3) is 0 Å². The van der Waals surface area contributed by atoms with E-state index in [1.165, 1.54) is 25.3 Å². The van der Waals surface area contributed by atoms with Crippen molar-refractivity contribution in [3.63, 3.8) is 0 Å². The lowest BCUT2D eigenvalue weighted by Crippen LogP contribution is -2.24. The van der Waals surface area contributed by atoms with Crippen molar-refractivity contribution in [1.29, 1.82) is 0 Å². The van der Waals surface area contributed by atoms with E-state index in [0.29, 0.717) is 5.56 Å². The number of rotatable bonds is 5. The molecule has 0 aliphatic heterocycles. The molecule has 4 nitrogen and oxygen atoms in total. The van der Waals surface area contributed by atoms with Crippen LogP contribution in [-0.2, 0) is 11.2 Å². The van der Waals surface area contributed by atoms with E-state index in [-0.39, 0.29) is 17.9 Å². The Kier molecular flexibility index (Phi) is 4.04. The summed E-state index contributed by atoms with van der Waals surface area (Å²) in [6.45, 7) is -2.99. The van der Waals surface area contributed by atoms with Gasteiger partial charge in [0.15, 0.2) is 11.5 Å². The van der Waals surface area contributed by atoms with Crippen LogP contribution in [0.4, 0.5) is 8.78 Å². The van der Waals surface area contributed by atoms with Crippen molar-refractivity contribution in [2.45, 2.75) is 13.0 Å². The number of carbonyl (C=O) groups is 1. The third-order valence-electron chi connectivity index (χ3n) is 1.79. The number of carbonyl (C=O) groups excluding carboxylic acids is 1. The van der Waals surface area contributed by atoms with E-state index in [9.17, 15) is 18.7 Å². The van der Waals surface area contributed by atoms with Crippen LogP contribution >= 0.6 is 0 Å². The lowest BCUT2D eigenvalue weighted by molar-refractivity contribution is -0.304. The van der Waals surface area contributed by atoms with E-state index < -0.39 is 12.6 Å². The number of carboxylic acid groups (broad SMARTS) is 1. The van der Waals surface area contributed by atoms with Gasteiger partial charge >= 0.3 is 6.61 Å². The molecule has 0 bridgehead atoms. The SMILES string of the molecule is COc1ccc(CC(=O)[O-])cc1OC(F)F. The van der Waals surface area contributed by atoms with Crippen LogP contribution in [0.2, 0.25) is 0 Å². The van der Waals surface area contributed by atoms with Crippen LogP contribution in [0.5, 0.6) is 11.5 Å². The molecule has 0 aromatic heterocycles. The number of aliphatic carboxylic acids is 1. The van der Waals surface area contributed by atoms with Crippen LogP contribution in [0, 0.1) is 0 Å². The van der Waals surface area contributed by atoms with Crippen molar-refractivity contribution < 1.29 is 28.2 Å². The maximum Gasteiger partial charge on any atom is 0.387 e. The lowest BCUT2D eigenvalue weighted by Gasteiger charge is -2.11. The molecule has 0 unspecified atom stereocenters. The summed E-state index contributed by atoms with van der Waals surface area (Å²) in [4.78, 5) is 10.3. The van der Waals surface area contributed by atoms with Gasteiger partial charge in [0.1, 0.15) is 0 Å². The summed E-state index contributed by atoms with van der Waals surface area (Å²) in [5, 5.41) is 10.3. The predicted octanol–water partition coefficient (Wildman–Crippen LogP) is 0.589. The zero-order valence-corrected chi connectivity index (χ0v) is 8.41. The predicted molar refractivity (Wildman–Crippen MR) is 48.3 cm³/mol. The van der Waals surface area contributed by atoms with E-state index in [2.05, 4.69) is 4.74 Å². The number of ether oxygens (including phenoxy) is 2. The number of methoxy groups -OCH3 is 1. The molecule has 0 atom stereocenters. The van der Waals surface area contributed by atoms with Crippen LogP contribution < -0.4 is 14.6 Å². The topological polar surface area (TPSA) is 58.6 Å². The Morgan fingerprint density at radius 3 is 2.62 bits per heavy atom. The Morgan fingerprint density at radius 1 is 1.44 bits per heavy atom. The minimum Gasteiger partial charge on any atom is -0.550 e. The molecule has 0 radical (unpaired) electrons. The molecule has 0 N–H and O–H groups in total. The van der Waals surface area contributed by atoms with Gasteiger partial charge in [-0.2, -0.15) is 8.78 Å². The average Bonchev–Trinajstić information content (AvgIpc) is 2.16. The van der Waals surface area contributed by atoms with Crippen molar-refractivity contribution in [3.05, 3.63) is 23.8 Å². The van der Waals surface area contributed by atoms with Crippen molar-refractivity contribution in [3.8, 4) is 11.5 Å². The third-order valence-corrected chi connectivity index (χ3v) is 1.79. The summed E-state index contributed by atoms with van der Waals surface area (Å²) >= 11 is 0. The standard InChI is InChI=1S/C10H10F2O4/c1-15-7-3-2-6(5-9(13)14)4-8(7)16-10(11)12/h2-4,10H,5H2,1H3,(H,13,14)/p-1. The highest BCUT2D eigenvalue weighted by Gasteiger charge is 2.11. The summed E-state index contributed by atoms with van der Waals surface area (Å²) in [5.41, 5.74) is 0.302. The summed E-state index contributed by atoms with van der Waals surface area (Å²) in [7, 11) is 1.30. The third kappa shape index (κ3) is 3.38. The molecule has 0 heterocycles. The first kappa shape index (κ1) is 12.2. The molecule has 0 fully saturated rings. The zero-order chi connectivity index (χ0) is 12.1. The van der Waals surface area contributed by atoms with E-state index in [1.54, 1.807) is 0 Å². The van der Waals surface area contributed by atoms with Gasteiger partial charge in [-0.1, -0.05) is 6.07 Å². The van der Waals surface area contributed by atoms with Crippen molar-refractivity contribution in [2.75, 3.05) is 7.11 Å². The molecular weight excluding hydrogens is 222 g/mol. The van der Waals surface area contributed by atoms with Gasteiger partial charge < -0.3 is 19.4 Å². The molecule has 16 heavy (non-hydrogen) atoms. The maximum atomic E-state index is 12.0. The molecule has 6 heteroatoms. The molecular formula is C10H9F2O4-.